The van der Waals surface area contributed by atoms with Crippen LogP contribution in [0.5, 0.6) is 0 Å². The Morgan fingerprint density at radius 1 is 1.44 bits per heavy atom. The molecule has 0 fully saturated rings. The molecule has 0 aliphatic rings. The topological polar surface area (TPSA) is 40.4 Å². The average molecular weight is 127 g/mol. The molecule has 0 radical (unpaired) electrons. The fraction of sp³-hybridized carbons (Fsp3) is 0.857. The third-order valence-electron chi connectivity index (χ3n) is 1.01. The minimum absolute atomic E-state index is 0.275. The highest BCUT2D eigenvalue weighted by molar-refractivity contribution is 4.66. The maximum atomic E-state index is 8.19. The SMILES string of the molecule is CC(C)(C)[NH2+]CCC#N. The number of rotatable bonds is 2. The molecule has 0 aromatic carbocycles. The second-order valence-corrected chi connectivity index (χ2v) is 3.27. The van der Waals surface area contributed by atoms with Gasteiger partial charge in [0.25, 0.3) is 0 Å². The zero-order valence-electron chi connectivity index (χ0n) is 6.44. The summed E-state index contributed by atoms with van der Waals surface area (Å²) in [5, 5.41) is 10.4. The Hall–Kier alpha value is -0.550. The number of nitrogens with two attached hydrogens (primary N) is 1. The predicted molar refractivity (Wildman–Crippen MR) is 36.8 cm³/mol. The van der Waals surface area contributed by atoms with Crippen molar-refractivity contribution in [1.29, 1.82) is 5.26 Å². The molecule has 0 amide bonds. The van der Waals surface area contributed by atoms with E-state index in [1.165, 1.54) is 0 Å². The number of quaternary nitrogens is 1. The first-order valence-corrected chi connectivity index (χ1v) is 3.27. The van der Waals surface area contributed by atoms with E-state index in [4.69, 9.17) is 5.26 Å². The molecular formula is C7H15N2+. The van der Waals surface area contributed by atoms with E-state index < -0.39 is 0 Å². The molecule has 0 spiro atoms. The molecule has 0 aromatic heterocycles. The normalized spacial score (nSPS) is 10.9. The zero-order valence-corrected chi connectivity index (χ0v) is 6.44. The van der Waals surface area contributed by atoms with E-state index in [9.17, 15) is 0 Å². The Morgan fingerprint density at radius 2 is 2.00 bits per heavy atom. The van der Waals surface area contributed by atoms with Crippen LogP contribution in [0, 0.1) is 11.3 Å². The molecule has 2 N–H and O–H groups in total. The second-order valence-electron chi connectivity index (χ2n) is 3.27. The van der Waals surface area contributed by atoms with Gasteiger partial charge in [-0.25, -0.2) is 0 Å². The van der Waals surface area contributed by atoms with Gasteiger partial charge >= 0.3 is 0 Å². The Labute approximate surface area is 56.9 Å². The van der Waals surface area contributed by atoms with Crippen molar-refractivity contribution < 1.29 is 5.32 Å². The molecule has 2 heteroatoms. The van der Waals surface area contributed by atoms with E-state index in [1.807, 2.05) is 0 Å². The van der Waals surface area contributed by atoms with Crippen molar-refractivity contribution in [2.75, 3.05) is 6.54 Å². The first-order chi connectivity index (χ1) is 4.06. The largest absolute Gasteiger partial charge is 0.341 e. The van der Waals surface area contributed by atoms with Crippen molar-refractivity contribution in [3.05, 3.63) is 0 Å². The Morgan fingerprint density at radius 3 is 2.33 bits per heavy atom. The highest BCUT2D eigenvalue weighted by Gasteiger charge is 2.10. The summed E-state index contributed by atoms with van der Waals surface area (Å²) in [4.78, 5) is 0. The lowest BCUT2D eigenvalue weighted by Crippen LogP contribution is -2.94. The van der Waals surface area contributed by atoms with Gasteiger partial charge in [-0.1, -0.05) is 0 Å². The molecule has 0 saturated carbocycles. The molecule has 0 rings (SSSR count). The van der Waals surface area contributed by atoms with Crippen molar-refractivity contribution in [3.8, 4) is 6.07 Å². The van der Waals surface area contributed by atoms with Crippen molar-refractivity contribution in [2.24, 2.45) is 0 Å². The summed E-state index contributed by atoms with van der Waals surface area (Å²) in [6.07, 6.45) is 0.650. The fourth-order valence-corrected chi connectivity index (χ4v) is 0.570. The predicted octanol–water partition coefficient (Wildman–Crippen LogP) is 0.262. The molecule has 0 unspecified atom stereocenters. The summed E-state index contributed by atoms with van der Waals surface area (Å²) in [5.74, 6) is 0. The summed E-state index contributed by atoms with van der Waals surface area (Å²) in [7, 11) is 0. The van der Waals surface area contributed by atoms with Crippen LogP contribution in [0.3, 0.4) is 0 Å². The molecule has 0 bridgehead atoms. The fourth-order valence-electron chi connectivity index (χ4n) is 0.570. The minimum atomic E-state index is 0.275. The van der Waals surface area contributed by atoms with Crippen LogP contribution in [0.1, 0.15) is 27.2 Å². The van der Waals surface area contributed by atoms with Crippen LogP contribution in [0.25, 0.3) is 0 Å². The van der Waals surface area contributed by atoms with Crippen LogP contribution in [-0.2, 0) is 0 Å². The van der Waals surface area contributed by atoms with Crippen molar-refractivity contribution in [2.45, 2.75) is 32.7 Å². The lowest BCUT2D eigenvalue weighted by Gasteiger charge is -2.15. The molecule has 0 heterocycles. The van der Waals surface area contributed by atoms with Gasteiger partial charge in [0.05, 0.1) is 24.6 Å². The molecule has 0 aliphatic carbocycles. The standard InChI is InChI=1S/C7H14N2/c1-7(2,3)9-6-4-5-8/h9H,4,6H2,1-3H3/p+1. The highest BCUT2D eigenvalue weighted by Crippen LogP contribution is 1.87. The van der Waals surface area contributed by atoms with Gasteiger partial charge in [0.1, 0.15) is 0 Å². The van der Waals surface area contributed by atoms with E-state index in [1.54, 1.807) is 0 Å². The zero-order chi connectivity index (χ0) is 7.33. The molecule has 0 atom stereocenters. The molecule has 52 valence electrons. The van der Waals surface area contributed by atoms with Crippen molar-refractivity contribution in [3.63, 3.8) is 0 Å². The van der Waals surface area contributed by atoms with Crippen molar-refractivity contribution in [1.82, 2.24) is 0 Å². The first kappa shape index (κ1) is 8.45. The van der Waals surface area contributed by atoms with Gasteiger partial charge in [0, 0.05) is 0 Å². The van der Waals surface area contributed by atoms with Crippen molar-refractivity contribution >= 4 is 0 Å². The van der Waals surface area contributed by atoms with E-state index >= 15 is 0 Å². The van der Waals surface area contributed by atoms with Crippen LogP contribution < -0.4 is 5.32 Å². The summed E-state index contributed by atoms with van der Waals surface area (Å²) < 4.78 is 0. The maximum Gasteiger partial charge on any atom is 0.0891 e. The molecule has 2 nitrogen and oxygen atoms in total. The van der Waals surface area contributed by atoms with Gasteiger partial charge in [0.2, 0.25) is 0 Å². The van der Waals surface area contributed by atoms with Gasteiger partial charge in [-0.15, -0.1) is 0 Å². The molecule has 0 aromatic rings. The third-order valence-corrected chi connectivity index (χ3v) is 1.01. The number of nitrogens with zero attached hydrogens (tertiary/aromatic N) is 1. The van der Waals surface area contributed by atoms with Crippen LogP contribution in [0.15, 0.2) is 0 Å². The van der Waals surface area contributed by atoms with Crippen LogP contribution in [0.4, 0.5) is 0 Å². The summed E-state index contributed by atoms with van der Waals surface area (Å²) in [5.41, 5.74) is 0.275. The van der Waals surface area contributed by atoms with Crippen LogP contribution in [-0.4, -0.2) is 12.1 Å². The van der Waals surface area contributed by atoms with Gasteiger partial charge < -0.3 is 5.32 Å². The lowest BCUT2D eigenvalue weighted by molar-refractivity contribution is -0.716. The smallest absolute Gasteiger partial charge is 0.0891 e. The quantitative estimate of drug-likeness (QED) is 0.531. The monoisotopic (exact) mass is 127 g/mol. The molecular weight excluding hydrogens is 112 g/mol. The highest BCUT2D eigenvalue weighted by atomic mass is 14.9. The van der Waals surface area contributed by atoms with E-state index in [-0.39, 0.29) is 5.54 Å². The Balaban J connectivity index is 3.20. The van der Waals surface area contributed by atoms with E-state index in [0.29, 0.717) is 6.42 Å². The summed E-state index contributed by atoms with van der Waals surface area (Å²) in [6.45, 7) is 7.35. The maximum absolute atomic E-state index is 8.19. The Kier molecular flexibility index (Phi) is 3.26. The van der Waals surface area contributed by atoms with E-state index in [2.05, 4.69) is 32.2 Å². The van der Waals surface area contributed by atoms with Crippen LogP contribution >= 0.6 is 0 Å². The molecule has 0 aliphatic heterocycles. The van der Waals surface area contributed by atoms with Gasteiger partial charge in [-0.3, -0.25) is 0 Å². The minimum Gasteiger partial charge on any atom is -0.341 e. The second kappa shape index (κ2) is 3.47. The van der Waals surface area contributed by atoms with E-state index in [0.717, 1.165) is 6.54 Å². The van der Waals surface area contributed by atoms with Gasteiger partial charge in [-0.05, 0) is 20.8 Å². The van der Waals surface area contributed by atoms with Crippen LogP contribution in [0.2, 0.25) is 0 Å². The third kappa shape index (κ3) is 7.45. The summed E-state index contributed by atoms with van der Waals surface area (Å²) >= 11 is 0. The number of hydrogen-bond acceptors (Lipinski definition) is 1. The lowest BCUT2D eigenvalue weighted by atomic mass is 10.1. The average Bonchev–Trinajstić information content (AvgIpc) is 1.63. The first-order valence-electron chi connectivity index (χ1n) is 3.27. The van der Waals surface area contributed by atoms with Gasteiger partial charge in [0.15, 0.2) is 0 Å². The molecule has 0 saturated heterocycles. The molecule has 9 heavy (non-hydrogen) atoms. The Bertz CT molecular complexity index is 105. The van der Waals surface area contributed by atoms with Gasteiger partial charge in [-0.2, -0.15) is 5.26 Å². The number of nitriles is 1. The summed E-state index contributed by atoms with van der Waals surface area (Å²) in [6, 6.07) is 2.11. The number of hydrogen-bond donors (Lipinski definition) is 1.